The van der Waals surface area contributed by atoms with E-state index in [1.54, 1.807) is 24.3 Å². The zero-order valence-electron chi connectivity index (χ0n) is 12.9. The summed E-state index contributed by atoms with van der Waals surface area (Å²) in [5.74, 6) is 0.120. The molecule has 1 aromatic carbocycles. The van der Waals surface area contributed by atoms with E-state index in [2.05, 4.69) is 0 Å². The molecule has 0 N–H and O–H groups in total. The fourth-order valence-corrected chi connectivity index (χ4v) is 4.26. The molecule has 0 atom stereocenters. The molecular formula is C18H12Cl2O4S. The Kier molecular flexibility index (Phi) is 4.31. The van der Waals surface area contributed by atoms with Gasteiger partial charge < -0.3 is 9.15 Å². The Morgan fingerprint density at radius 1 is 1.20 bits per heavy atom. The quantitative estimate of drug-likeness (QED) is 0.465. The number of halogens is 2. The first-order valence-corrected chi connectivity index (χ1v) is 9.29. The highest BCUT2D eigenvalue weighted by Crippen LogP contribution is 2.34. The Balaban J connectivity index is 1.64. The van der Waals surface area contributed by atoms with Gasteiger partial charge in [0.2, 0.25) is 5.78 Å². The number of Topliss-reactive ketones (excluding diaryl/α,β-unsaturated/α-hetero) is 1. The highest BCUT2D eigenvalue weighted by Gasteiger charge is 2.21. The number of hydrogen-bond donors (Lipinski definition) is 0. The van der Waals surface area contributed by atoms with Crippen LogP contribution in [0, 0.1) is 0 Å². The zero-order valence-corrected chi connectivity index (χ0v) is 15.3. The molecule has 0 spiro atoms. The van der Waals surface area contributed by atoms with Crippen LogP contribution in [-0.2, 0) is 12.8 Å². The van der Waals surface area contributed by atoms with Gasteiger partial charge in [-0.25, -0.2) is 4.79 Å². The molecular weight excluding hydrogens is 383 g/mol. The molecule has 1 aliphatic rings. The molecule has 0 saturated heterocycles. The summed E-state index contributed by atoms with van der Waals surface area (Å²) in [6.07, 6.45) is 2.51. The predicted molar refractivity (Wildman–Crippen MR) is 98.7 cm³/mol. The van der Waals surface area contributed by atoms with Crippen molar-refractivity contribution in [1.29, 1.82) is 0 Å². The summed E-state index contributed by atoms with van der Waals surface area (Å²) in [4.78, 5) is 24.7. The molecule has 3 aromatic rings. The molecule has 0 radical (unpaired) electrons. The van der Waals surface area contributed by atoms with Gasteiger partial charge >= 0.3 is 5.63 Å². The van der Waals surface area contributed by atoms with Crippen molar-refractivity contribution in [2.75, 3.05) is 6.61 Å². The molecule has 0 amide bonds. The molecule has 4 rings (SSSR count). The number of ether oxygens (including phenoxy) is 1. The molecule has 0 saturated carbocycles. The average molecular weight is 395 g/mol. The van der Waals surface area contributed by atoms with E-state index in [1.807, 2.05) is 0 Å². The second kappa shape index (κ2) is 6.48. The third-order valence-electron chi connectivity index (χ3n) is 4.23. The van der Waals surface area contributed by atoms with E-state index in [0.29, 0.717) is 25.6 Å². The Bertz CT molecular complexity index is 1050. The number of fused-ring (bicyclic) bond motifs is 3. The smallest absolute Gasteiger partial charge is 0.339 e. The lowest BCUT2D eigenvalue weighted by Gasteiger charge is -2.10. The molecule has 0 fully saturated rings. The Labute approximate surface area is 156 Å². The van der Waals surface area contributed by atoms with E-state index in [1.165, 1.54) is 11.3 Å². The standard InChI is InChI=1S/C18H12Cl2O4S/c19-12-6-11-9-2-1-3-10(9)18(22)24-14(11)7-15(12)23-8-13(21)16-4-5-17(20)25-16/h4-7H,1-3,8H2. The van der Waals surface area contributed by atoms with Crippen molar-refractivity contribution in [1.82, 2.24) is 0 Å². The molecule has 128 valence electrons. The summed E-state index contributed by atoms with van der Waals surface area (Å²) >= 11 is 13.3. The molecule has 0 bridgehead atoms. The molecule has 2 heterocycles. The third kappa shape index (κ3) is 3.08. The largest absolute Gasteiger partial charge is 0.484 e. The Morgan fingerprint density at radius 2 is 2.00 bits per heavy atom. The van der Waals surface area contributed by atoms with E-state index < -0.39 is 0 Å². The molecule has 7 heteroatoms. The fraction of sp³-hybridized carbons (Fsp3) is 0.222. The minimum Gasteiger partial charge on any atom is -0.484 e. The molecule has 1 aliphatic carbocycles. The maximum atomic E-state index is 12.1. The third-order valence-corrected chi connectivity index (χ3v) is 5.80. The molecule has 0 aliphatic heterocycles. The van der Waals surface area contributed by atoms with Gasteiger partial charge in [0.25, 0.3) is 0 Å². The van der Waals surface area contributed by atoms with Gasteiger partial charge in [-0.3, -0.25) is 4.79 Å². The van der Waals surface area contributed by atoms with Gasteiger partial charge in [0.1, 0.15) is 11.3 Å². The van der Waals surface area contributed by atoms with E-state index in [-0.39, 0.29) is 18.0 Å². The van der Waals surface area contributed by atoms with Crippen molar-refractivity contribution >= 4 is 51.3 Å². The second-order valence-electron chi connectivity index (χ2n) is 5.79. The number of ketones is 1. The summed E-state index contributed by atoms with van der Waals surface area (Å²) < 4.78 is 11.5. The SMILES string of the molecule is O=C(COc1cc2oc(=O)c3c(c2cc1Cl)CCC3)c1ccc(Cl)s1. The fourth-order valence-electron chi connectivity index (χ4n) is 3.07. The van der Waals surface area contributed by atoms with Crippen molar-refractivity contribution in [3.8, 4) is 5.75 Å². The van der Waals surface area contributed by atoms with E-state index in [9.17, 15) is 9.59 Å². The lowest BCUT2D eigenvalue weighted by atomic mass is 10.1. The summed E-state index contributed by atoms with van der Waals surface area (Å²) in [6.45, 7) is -0.169. The van der Waals surface area contributed by atoms with Crippen LogP contribution in [0.4, 0.5) is 0 Å². The molecule has 4 nitrogen and oxygen atoms in total. The normalized spacial score (nSPS) is 13.2. The van der Waals surface area contributed by atoms with E-state index in [4.69, 9.17) is 32.4 Å². The summed E-state index contributed by atoms with van der Waals surface area (Å²) in [5.41, 5.74) is 1.86. The van der Waals surface area contributed by atoms with Gasteiger partial charge in [0.05, 0.1) is 14.2 Å². The van der Waals surface area contributed by atoms with Gasteiger partial charge in [-0.15, -0.1) is 11.3 Å². The molecule has 2 aromatic heterocycles. The van der Waals surface area contributed by atoms with Crippen LogP contribution in [0.1, 0.15) is 27.2 Å². The summed E-state index contributed by atoms with van der Waals surface area (Å²) in [7, 11) is 0. The van der Waals surface area contributed by atoms with E-state index >= 15 is 0 Å². The van der Waals surface area contributed by atoms with Gasteiger partial charge in [-0.05, 0) is 43.0 Å². The minimum absolute atomic E-state index is 0.169. The topological polar surface area (TPSA) is 56.5 Å². The van der Waals surface area contributed by atoms with Crippen molar-refractivity contribution in [2.24, 2.45) is 0 Å². The van der Waals surface area contributed by atoms with Crippen LogP contribution in [0.3, 0.4) is 0 Å². The van der Waals surface area contributed by atoms with Crippen LogP contribution >= 0.6 is 34.5 Å². The molecule has 25 heavy (non-hydrogen) atoms. The van der Waals surface area contributed by atoms with Crippen LogP contribution in [-0.4, -0.2) is 12.4 Å². The highest BCUT2D eigenvalue weighted by molar-refractivity contribution is 7.18. The average Bonchev–Trinajstić information content (AvgIpc) is 3.23. The number of thiophene rings is 1. The van der Waals surface area contributed by atoms with Crippen LogP contribution in [0.5, 0.6) is 5.75 Å². The summed E-state index contributed by atoms with van der Waals surface area (Å²) in [5, 5.41) is 1.22. The van der Waals surface area contributed by atoms with Gasteiger partial charge in [0, 0.05) is 17.0 Å². The first-order chi connectivity index (χ1) is 12.0. The first-order valence-electron chi connectivity index (χ1n) is 7.72. The minimum atomic E-state index is -0.308. The van der Waals surface area contributed by atoms with Crippen molar-refractivity contribution in [3.63, 3.8) is 0 Å². The number of carbonyl (C=O) groups is 1. The van der Waals surface area contributed by atoms with Crippen LogP contribution < -0.4 is 10.4 Å². The number of hydrogen-bond acceptors (Lipinski definition) is 5. The zero-order chi connectivity index (χ0) is 17.6. The van der Waals surface area contributed by atoms with Crippen LogP contribution in [0.2, 0.25) is 9.36 Å². The lowest BCUT2D eigenvalue weighted by Crippen LogP contribution is -2.11. The van der Waals surface area contributed by atoms with Crippen LogP contribution in [0.15, 0.2) is 33.5 Å². The molecule has 0 unspecified atom stereocenters. The first kappa shape index (κ1) is 16.6. The van der Waals surface area contributed by atoms with Gasteiger partial charge in [-0.2, -0.15) is 0 Å². The van der Waals surface area contributed by atoms with Crippen molar-refractivity contribution in [2.45, 2.75) is 19.3 Å². The predicted octanol–water partition coefficient (Wildman–Crippen LogP) is 4.91. The second-order valence-corrected chi connectivity index (χ2v) is 7.92. The number of carbonyl (C=O) groups excluding carboxylic acids is 1. The lowest BCUT2D eigenvalue weighted by molar-refractivity contribution is 0.0925. The van der Waals surface area contributed by atoms with Crippen molar-refractivity contribution < 1.29 is 13.9 Å². The maximum Gasteiger partial charge on any atom is 0.339 e. The number of rotatable bonds is 4. The Morgan fingerprint density at radius 3 is 2.76 bits per heavy atom. The monoisotopic (exact) mass is 394 g/mol. The Hall–Kier alpha value is -1.82. The van der Waals surface area contributed by atoms with Crippen LogP contribution in [0.25, 0.3) is 11.0 Å². The number of benzene rings is 1. The van der Waals surface area contributed by atoms with Gasteiger partial charge in [-0.1, -0.05) is 23.2 Å². The number of aryl methyl sites for hydroxylation is 1. The van der Waals surface area contributed by atoms with E-state index in [0.717, 1.165) is 35.8 Å². The van der Waals surface area contributed by atoms with Gasteiger partial charge in [0.15, 0.2) is 6.61 Å². The van der Waals surface area contributed by atoms with Crippen molar-refractivity contribution in [3.05, 3.63) is 60.0 Å². The highest BCUT2D eigenvalue weighted by atomic mass is 35.5. The maximum absolute atomic E-state index is 12.1. The summed E-state index contributed by atoms with van der Waals surface area (Å²) in [6, 6.07) is 6.64.